The molecule has 0 saturated carbocycles. The number of fused-ring (bicyclic) bond motifs is 1. The molecule has 2 aromatic heterocycles. The zero-order chi connectivity index (χ0) is 11.0. The van der Waals surface area contributed by atoms with E-state index in [9.17, 15) is 0 Å². The Morgan fingerprint density at radius 2 is 1.88 bits per heavy atom. The SMILES string of the molecule is Brc1cc2nccc(-c3ccccc3)n2n1. The van der Waals surface area contributed by atoms with Gasteiger partial charge in [-0.05, 0) is 22.0 Å². The van der Waals surface area contributed by atoms with Crippen LogP contribution in [0.25, 0.3) is 16.9 Å². The van der Waals surface area contributed by atoms with E-state index in [4.69, 9.17) is 0 Å². The largest absolute Gasteiger partial charge is 0.237 e. The number of rotatable bonds is 1. The highest BCUT2D eigenvalue weighted by Crippen LogP contribution is 2.20. The molecule has 0 unspecified atom stereocenters. The van der Waals surface area contributed by atoms with Crippen molar-refractivity contribution in [3.63, 3.8) is 0 Å². The van der Waals surface area contributed by atoms with Crippen LogP contribution in [0.2, 0.25) is 0 Å². The molecular weight excluding hydrogens is 266 g/mol. The summed E-state index contributed by atoms with van der Waals surface area (Å²) in [5.41, 5.74) is 3.01. The fraction of sp³-hybridized carbons (Fsp3) is 0. The normalized spacial score (nSPS) is 10.8. The summed E-state index contributed by atoms with van der Waals surface area (Å²) in [6.45, 7) is 0. The first-order valence-corrected chi connectivity index (χ1v) is 5.69. The van der Waals surface area contributed by atoms with Crippen molar-refractivity contribution < 1.29 is 0 Å². The van der Waals surface area contributed by atoms with Crippen molar-refractivity contribution in [3.8, 4) is 11.3 Å². The van der Waals surface area contributed by atoms with Gasteiger partial charge in [0.1, 0.15) is 4.60 Å². The third kappa shape index (κ3) is 1.51. The van der Waals surface area contributed by atoms with E-state index in [-0.39, 0.29) is 0 Å². The summed E-state index contributed by atoms with van der Waals surface area (Å²) in [6, 6.07) is 14.0. The van der Waals surface area contributed by atoms with E-state index in [1.165, 1.54) is 0 Å². The van der Waals surface area contributed by atoms with Gasteiger partial charge >= 0.3 is 0 Å². The van der Waals surface area contributed by atoms with Crippen molar-refractivity contribution in [2.45, 2.75) is 0 Å². The molecule has 0 amide bonds. The van der Waals surface area contributed by atoms with Crippen molar-refractivity contribution in [1.82, 2.24) is 14.6 Å². The summed E-state index contributed by atoms with van der Waals surface area (Å²) < 4.78 is 2.63. The monoisotopic (exact) mass is 273 g/mol. The molecule has 0 N–H and O–H groups in total. The van der Waals surface area contributed by atoms with Crippen LogP contribution in [0, 0.1) is 0 Å². The Bertz CT molecular complexity index is 631. The van der Waals surface area contributed by atoms with Gasteiger partial charge in [0.2, 0.25) is 0 Å². The molecule has 1 aromatic carbocycles. The van der Waals surface area contributed by atoms with Crippen molar-refractivity contribution in [2.75, 3.05) is 0 Å². The van der Waals surface area contributed by atoms with Gasteiger partial charge in [0.05, 0.1) is 5.69 Å². The highest BCUT2D eigenvalue weighted by Gasteiger charge is 2.05. The predicted molar refractivity (Wildman–Crippen MR) is 66.1 cm³/mol. The number of benzene rings is 1. The topological polar surface area (TPSA) is 30.2 Å². The summed E-state index contributed by atoms with van der Waals surface area (Å²) in [5.74, 6) is 0. The van der Waals surface area contributed by atoms with Gasteiger partial charge < -0.3 is 0 Å². The maximum atomic E-state index is 4.36. The molecule has 3 rings (SSSR count). The van der Waals surface area contributed by atoms with Gasteiger partial charge in [0.15, 0.2) is 5.65 Å². The molecule has 0 fully saturated rings. The van der Waals surface area contributed by atoms with Crippen molar-refractivity contribution >= 4 is 21.6 Å². The van der Waals surface area contributed by atoms with Gasteiger partial charge in [-0.3, -0.25) is 0 Å². The van der Waals surface area contributed by atoms with Gasteiger partial charge in [-0.25, -0.2) is 9.50 Å². The predicted octanol–water partition coefficient (Wildman–Crippen LogP) is 3.16. The van der Waals surface area contributed by atoms with Crippen LogP contribution < -0.4 is 0 Å². The van der Waals surface area contributed by atoms with Crippen LogP contribution in [-0.4, -0.2) is 14.6 Å². The molecule has 0 aliphatic rings. The molecule has 0 radical (unpaired) electrons. The van der Waals surface area contributed by atoms with E-state index in [1.54, 1.807) is 6.20 Å². The first kappa shape index (κ1) is 9.54. The van der Waals surface area contributed by atoms with Crippen molar-refractivity contribution in [3.05, 3.63) is 53.3 Å². The van der Waals surface area contributed by atoms with E-state index in [2.05, 4.69) is 38.1 Å². The molecule has 0 aliphatic heterocycles. The van der Waals surface area contributed by atoms with Gasteiger partial charge in [0.25, 0.3) is 0 Å². The van der Waals surface area contributed by atoms with E-state index in [1.807, 2.05) is 34.8 Å². The van der Waals surface area contributed by atoms with Crippen molar-refractivity contribution in [1.29, 1.82) is 0 Å². The second kappa shape index (κ2) is 3.72. The van der Waals surface area contributed by atoms with Gasteiger partial charge in [-0.1, -0.05) is 30.3 Å². The molecule has 4 heteroatoms. The van der Waals surface area contributed by atoms with E-state index in [0.29, 0.717) is 0 Å². The quantitative estimate of drug-likeness (QED) is 0.682. The molecule has 16 heavy (non-hydrogen) atoms. The van der Waals surface area contributed by atoms with E-state index >= 15 is 0 Å². The van der Waals surface area contributed by atoms with Crippen LogP contribution in [-0.2, 0) is 0 Å². The number of aromatic nitrogens is 3. The van der Waals surface area contributed by atoms with Crippen LogP contribution >= 0.6 is 15.9 Å². The Hall–Kier alpha value is -1.68. The van der Waals surface area contributed by atoms with Gasteiger partial charge in [-0.15, -0.1) is 0 Å². The molecule has 78 valence electrons. The lowest BCUT2D eigenvalue weighted by Gasteiger charge is -2.03. The van der Waals surface area contributed by atoms with Crippen LogP contribution in [0.15, 0.2) is 53.3 Å². The average molecular weight is 274 g/mol. The minimum absolute atomic E-state index is 0.795. The minimum atomic E-state index is 0.795. The number of hydrogen-bond acceptors (Lipinski definition) is 2. The van der Waals surface area contributed by atoms with Crippen LogP contribution in [0.5, 0.6) is 0 Å². The Kier molecular flexibility index (Phi) is 2.22. The Labute approximate surface area is 101 Å². The fourth-order valence-electron chi connectivity index (χ4n) is 1.69. The third-order valence-electron chi connectivity index (χ3n) is 2.40. The summed E-state index contributed by atoms with van der Waals surface area (Å²) in [4.78, 5) is 4.26. The summed E-state index contributed by atoms with van der Waals surface area (Å²) >= 11 is 3.36. The van der Waals surface area contributed by atoms with E-state index in [0.717, 1.165) is 21.5 Å². The summed E-state index contributed by atoms with van der Waals surface area (Å²) in [6.07, 6.45) is 1.80. The van der Waals surface area contributed by atoms with Crippen molar-refractivity contribution in [2.24, 2.45) is 0 Å². The number of hydrogen-bond donors (Lipinski definition) is 0. The third-order valence-corrected chi connectivity index (χ3v) is 2.79. The molecule has 0 aliphatic carbocycles. The zero-order valence-electron chi connectivity index (χ0n) is 8.34. The zero-order valence-corrected chi connectivity index (χ0v) is 9.92. The Morgan fingerprint density at radius 3 is 2.69 bits per heavy atom. The minimum Gasteiger partial charge on any atom is -0.237 e. The Morgan fingerprint density at radius 1 is 1.06 bits per heavy atom. The van der Waals surface area contributed by atoms with Gasteiger partial charge in [-0.2, -0.15) is 5.10 Å². The lowest BCUT2D eigenvalue weighted by Crippen LogP contribution is -1.94. The van der Waals surface area contributed by atoms with Crippen LogP contribution in [0.4, 0.5) is 0 Å². The van der Waals surface area contributed by atoms with Crippen LogP contribution in [0.1, 0.15) is 0 Å². The number of halogens is 1. The first-order chi connectivity index (χ1) is 7.84. The maximum Gasteiger partial charge on any atom is 0.156 e. The van der Waals surface area contributed by atoms with Crippen LogP contribution in [0.3, 0.4) is 0 Å². The maximum absolute atomic E-state index is 4.36. The molecule has 0 spiro atoms. The second-order valence-electron chi connectivity index (χ2n) is 3.43. The highest BCUT2D eigenvalue weighted by atomic mass is 79.9. The Balaban J connectivity index is 2.31. The molecule has 0 atom stereocenters. The molecule has 0 bridgehead atoms. The van der Waals surface area contributed by atoms with E-state index < -0.39 is 0 Å². The lowest BCUT2D eigenvalue weighted by molar-refractivity contribution is 0.936. The lowest BCUT2D eigenvalue weighted by atomic mass is 10.1. The fourth-order valence-corrected chi connectivity index (χ4v) is 2.06. The van der Waals surface area contributed by atoms with Gasteiger partial charge in [0, 0.05) is 17.8 Å². The summed E-state index contributed by atoms with van der Waals surface area (Å²) in [5, 5.41) is 4.36. The molecule has 3 nitrogen and oxygen atoms in total. The first-order valence-electron chi connectivity index (χ1n) is 4.90. The molecule has 2 heterocycles. The molecule has 0 saturated heterocycles. The number of nitrogens with zero attached hydrogens (tertiary/aromatic N) is 3. The molecular formula is C12H8BrN3. The highest BCUT2D eigenvalue weighted by molar-refractivity contribution is 9.10. The molecule has 3 aromatic rings. The average Bonchev–Trinajstić information content (AvgIpc) is 2.70. The standard InChI is InChI=1S/C12H8BrN3/c13-11-8-12-14-7-6-10(16(12)15-11)9-4-2-1-3-5-9/h1-8H. The summed E-state index contributed by atoms with van der Waals surface area (Å²) in [7, 11) is 0. The second-order valence-corrected chi connectivity index (χ2v) is 4.25. The smallest absolute Gasteiger partial charge is 0.156 e.